The van der Waals surface area contributed by atoms with E-state index in [4.69, 9.17) is 0 Å². The molecule has 1 aliphatic rings. The molecule has 0 radical (unpaired) electrons. The Balaban J connectivity index is 2.96. The zero-order valence-electron chi connectivity index (χ0n) is 10.6. The zero-order chi connectivity index (χ0) is 13.9. The number of amides is 5. The number of imide groups is 2. The van der Waals surface area contributed by atoms with Gasteiger partial charge >= 0.3 is 6.03 Å². The third-order valence-electron chi connectivity index (χ3n) is 2.89. The van der Waals surface area contributed by atoms with E-state index in [-0.39, 0.29) is 0 Å². The lowest BCUT2D eigenvalue weighted by Crippen LogP contribution is -2.62. The maximum atomic E-state index is 12.1. The third-order valence-corrected chi connectivity index (χ3v) is 2.89. The first-order chi connectivity index (χ1) is 8.43. The summed E-state index contributed by atoms with van der Waals surface area (Å²) in [4.78, 5) is 47.5. The third kappa shape index (κ3) is 2.49. The van der Waals surface area contributed by atoms with Crippen LogP contribution in [0.3, 0.4) is 0 Å². The molecule has 18 heavy (non-hydrogen) atoms. The molecular formula is C11H17N3O4. The van der Waals surface area contributed by atoms with E-state index in [2.05, 4.69) is 10.6 Å². The van der Waals surface area contributed by atoms with Crippen molar-refractivity contribution in [3.8, 4) is 0 Å². The first kappa shape index (κ1) is 14.1. The van der Waals surface area contributed by atoms with Crippen molar-refractivity contribution in [2.45, 2.75) is 32.7 Å². The number of carbonyl (C=O) groups excluding carboxylic acids is 4. The highest BCUT2D eigenvalue weighted by Crippen LogP contribution is 2.18. The molecule has 2 unspecified atom stereocenters. The van der Waals surface area contributed by atoms with E-state index in [0.29, 0.717) is 12.8 Å². The summed E-state index contributed by atoms with van der Waals surface area (Å²) in [7, 11) is 1.42. The molecule has 2 atom stereocenters. The molecule has 1 heterocycles. The van der Waals surface area contributed by atoms with Gasteiger partial charge in [-0.1, -0.05) is 13.3 Å². The monoisotopic (exact) mass is 255 g/mol. The summed E-state index contributed by atoms with van der Waals surface area (Å²) >= 11 is 0. The first-order valence-electron chi connectivity index (χ1n) is 5.83. The maximum absolute atomic E-state index is 12.1. The highest BCUT2D eigenvalue weighted by atomic mass is 16.2. The molecule has 100 valence electrons. The van der Waals surface area contributed by atoms with Crippen LogP contribution in [0, 0.1) is 5.92 Å². The molecule has 1 aliphatic heterocycles. The summed E-state index contributed by atoms with van der Waals surface area (Å²) in [5.41, 5.74) is 0. The second-order valence-corrected chi connectivity index (χ2v) is 4.13. The predicted molar refractivity (Wildman–Crippen MR) is 62.3 cm³/mol. The normalized spacial score (nSPS) is 21.6. The number of carbonyl (C=O) groups is 4. The Hall–Kier alpha value is -1.92. The van der Waals surface area contributed by atoms with Crippen LogP contribution < -0.4 is 10.6 Å². The second-order valence-electron chi connectivity index (χ2n) is 4.13. The Labute approximate surface area is 105 Å². The van der Waals surface area contributed by atoms with Gasteiger partial charge in [0.05, 0.1) is 0 Å². The van der Waals surface area contributed by atoms with E-state index in [0.717, 1.165) is 4.90 Å². The summed E-state index contributed by atoms with van der Waals surface area (Å²) < 4.78 is 0. The van der Waals surface area contributed by atoms with Crippen molar-refractivity contribution in [1.29, 1.82) is 0 Å². The van der Waals surface area contributed by atoms with Gasteiger partial charge in [-0.05, 0) is 13.3 Å². The highest BCUT2D eigenvalue weighted by Gasteiger charge is 2.43. The SMILES string of the molecule is CCCC1C(=O)NC(=O)N(C(C)C(=O)NC)C1=O. The molecule has 0 spiro atoms. The smallest absolute Gasteiger partial charge is 0.331 e. The lowest BCUT2D eigenvalue weighted by Gasteiger charge is -2.33. The van der Waals surface area contributed by atoms with Gasteiger partial charge in [0.2, 0.25) is 17.7 Å². The van der Waals surface area contributed by atoms with Crippen LogP contribution in [0.1, 0.15) is 26.7 Å². The van der Waals surface area contributed by atoms with E-state index >= 15 is 0 Å². The van der Waals surface area contributed by atoms with Crippen molar-refractivity contribution in [2.24, 2.45) is 5.92 Å². The van der Waals surface area contributed by atoms with Crippen LogP contribution in [0.5, 0.6) is 0 Å². The average molecular weight is 255 g/mol. The van der Waals surface area contributed by atoms with Crippen molar-refractivity contribution in [2.75, 3.05) is 7.05 Å². The van der Waals surface area contributed by atoms with Crippen molar-refractivity contribution in [3.05, 3.63) is 0 Å². The minimum atomic E-state index is -0.935. The largest absolute Gasteiger partial charge is 0.357 e. The molecule has 0 aromatic heterocycles. The highest BCUT2D eigenvalue weighted by molar-refractivity contribution is 6.17. The summed E-state index contributed by atoms with van der Waals surface area (Å²) in [6, 6.07) is -1.77. The fraction of sp³-hybridized carbons (Fsp3) is 0.636. The van der Waals surface area contributed by atoms with Crippen molar-refractivity contribution in [1.82, 2.24) is 15.5 Å². The molecule has 0 saturated carbocycles. The number of nitrogens with zero attached hydrogens (tertiary/aromatic N) is 1. The second kappa shape index (κ2) is 5.61. The van der Waals surface area contributed by atoms with Gasteiger partial charge in [0.15, 0.2) is 0 Å². The molecule has 1 saturated heterocycles. The van der Waals surface area contributed by atoms with Crippen molar-refractivity contribution in [3.63, 3.8) is 0 Å². The molecule has 0 aromatic rings. The molecular weight excluding hydrogens is 238 g/mol. The molecule has 0 bridgehead atoms. The fourth-order valence-corrected chi connectivity index (χ4v) is 1.87. The van der Waals surface area contributed by atoms with Gasteiger partial charge in [-0.3, -0.25) is 24.6 Å². The minimum absolute atomic E-state index is 0.356. The predicted octanol–water partition coefficient (Wildman–Crippen LogP) is -0.384. The number of hydrogen-bond donors (Lipinski definition) is 2. The molecule has 1 rings (SSSR count). The molecule has 7 heteroatoms. The Bertz CT molecular complexity index is 394. The van der Waals surface area contributed by atoms with E-state index in [9.17, 15) is 19.2 Å². The molecule has 2 N–H and O–H groups in total. The van der Waals surface area contributed by atoms with Crippen LogP contribution in [-0.4, -0.2) is 41.7 Å². The van der Waals surface area contributed by atoms with Crippen LogP contribution in [0.25, 0.3) is 0 Å². The number of nitrogens with one attached hydrogen (secondary N) is 2. The standard InChI is InChI=1S/C11H17N3O4/c1-4-5-7-9(16)13-11(18)14(10(7)17)6(2)8(15)12-3/h6-7H,4-5H2,1-3H3,(H,12,15)(H,13,16,18). The number of likely N-dealkylation sites (N-methyl/N-ethyl adjacent to an activating group) is 1. The molecule has 7 nitrogen and oxygen atoms in total. The molecule has 1 fully saturated rings. The quantitative estimate of drug-likeness (QED) is 0.669. The first-order valence-corrected chi connectivity index (χ1v) is 5.83. The Kier molecular flexibility index (Phi) is 4.41. The van der Waals surface area contributed by atoms with Crippen LogP contribution in [0.15, 0.2) is 0 Å². The molecule has 0 aliphatic carbocycles. The summed E-state index contributed by atoms with van der Waals surface area (Å²) in [5.74, 6) is -2.54. The van der Waals surface area contributed by atoms with Gasteiger partial charge in [-0.15, -0.1) is 0 Å². The summed E-state index contributed by atoms with van der Waals surface area (Å²) in [6.07, 6.45) is 0.995. The number of rotatable bonds is 4. The van der Waals surface area contributed by atoms with Gasteiger partial charge in [-0.25, -0.2) is 4.79 Å². The number of urea groups is 1. The fourth-order valence-electron chi connectivity index (χ4n) is 1.87. The van der Waals surface area contributed by atoms with E-state index in [1.165, 1.54) is 14.0 Å². The van der Waals surface area contributed by atoms with Crippen LogP contribution in [-0.2, 0) is 14.4 Å². The van der Waals surface area contributed by atoms with E-state index < -0.39 is 35.7 Å². The van der Waals surface area contributed by atoms with Crippen LogP contribution >= 0.6 is 0 Å². The van der Waals surface area contributed by atoms with Gasteiger partial charge < -0.3 is 5.32 Å². The minimum Gasteiger partial charge on any atom is -0.357 e. The summed E-state index contributed by atoms with van der Waals surface area (Å²) in [6.45, 7) is 3.28. The maximum Gasteiger partial charge on any atom is 0.331 e. The molecule has 5 amide bonds. The number of barbiturate groups is 1. The van der Waals surface area contributed by atoms with Gasteiger partial charge in [0.25, 0.3) is 0 Å². The lowest BCUT2D eigenvalue weighted by molar-refractivity contribution is -0.147. The molecule has 0 aromatic carbocycles. The topological polar surface area (TPSA) is 95.6 Å². The van der Waals surface area contributed by atoms with E-state index in [1.54, 1.807) is 0 Å². The van der Waals surface area contributed by atoms with Gasteiger partial charge in [-0.2, -0.15) is 0 Å². The van der Waals surface area contributed by atoms with Crippen LogP contribution in [0.4, 0.5) is 4.79 Å². The average Bonchev–Trinajstić information content (AvgIpc) is 2.32. The Morgan fingerprint density at radius 1 is 1.44 bits per heavy atom. The summed E-state index contributed by atoms with van der Waals surface area (Å²) in [5, 5.41) is 4.47. The van der Waals surface area contributed by atoms with Gasteiger partial charge in [0, 0.05) is 7.05 Å². The lowest BCUT2D eigenvalue weighted by atomic mass is 9.98. The zero-order valence-corrected chi connectivity index (χ0v) is 10.6. The Morgan fingerprint density at radius 3 is 2.56 bits per heavy atom. The van der Waals surface area contributed by atoms with Gasteiger partial charge in [0.1, 0.15) is 12.0 Å². The van der Waals surface area contributed by atoms with E-state index in [1.807, 2.05) is 6.92 Å². The number of hydrogen-bond acceptors (Lipinski definition) is 4. The van der Waals surface area contributed by atoms with Crippen molar-refractivity contribution >= 4 is 23.8 Å². The van der Waals surface area contributed by atoms with Crippen molar-refractivity contribution < 1.29 is 19.2 Å². The Morgan fingerprint density at radius 2 is 2.06 bits per heavy atom. The van der Waals surface area contributed by atoms with Crippen LogP contribution in [0.2, 0.25) is 0 Å².